The van der Waals surface area contributed by atoms with Crippen LogP contribution in [0.4, 0.5) is 0 Å². The number of halogens is 1. The summed E-state index contributed by atoms with van der Waals surface area (Å²) < 4.78 is 0. The summed E-state index contributed by atoms with van der Waals surface area (Å²) in [7, 11) is 0. The molecule has 0 aliphatic rings. The standard InChI is InChI=1S/C28H39ClN2O2/c1-7-25(27(33)30-18-20(2)3)31(19-22-10-15-24(29)16-11-22)26(32)17-12-21-8-13-23(14-9-21)28(4,5)6/h8-11,13-16,20,25H,7,12,17-19H2,1-6H3,(H,30,33). The van der Waals surface area contributed by atoms with Gasteiger partial charge in [-0.25, -0.2) is 0 Å². The highest BCUT2D eigenvalue weighted by Gasteiger charge is 2.28. The number of nitrogens with zero attached hydrogens (tertiary/aromatic N) is 1. The van der Waals surface area contributed by atoms with Crippen molar-refractivity contribution >= 4 is 23.4 Å². The van der Waals surface area contributed by atoms with E-state index in [1.807, 2.05) is 31.2 Å². The van der Waals surface area contributed by atoms with E-state index in [1.54, 1.807) is 4.90 Å². The predicted molar refractivity (Wildman–Crippen MR) is 137 cm³/mol. The molecule has 0 saturated carbocycles. The predicted octanol–water partition coefficient (Wildman–Crippen LogP) is 6.15. The largest absolute Gasteiger partial charge is 0.354 e. The third-order valence-corrected chi connectivity index (χ3v) is 6.04. The maximum absolute atomic E-state index is 13.4. The number of amides is 2. The van der Waals surface area contributed by atoms with Crippen LogP contribution in [-0.4, -0.2) is 29.3 Å². The Morgan fingerprint density at radius 1 is 0.970 bits per heavy atom. The number of benzene rings is 2. The molecule has 180 valence electrons. The summed E-state index contributed by atoms with van der Waals surface area (Å²) >= 11 is 6.03. The van der Waals surface area contributed by atoms with Crippen molar-refractivity contribution in [1.82, 2.24) is 10.2 Å². The van der Waals surface area contributed by atoms with Crippen LogP contribution in [0.5, 0.6) is 0 Å². The number of rotatable bonds is 10. The molecule has 4 nitrogen and oxygen atoms in total. The van der Waals surface area contributed by atoms with Crippen molar-refractivity contribution in [2.75, 3.05) is 6.54 Å². The molecule has 1 atom stereocenters. The van der Waals surface area contributed by atoms with Gasteiger partial charge in [0.1, 0.15) is 6.04 Å². The first-order chi connectivity index (χ1) is 15.5. The van der Waals surface area contributed by atoms with Gasteiger partial charge in [-0.05, 0) is 53.0 Å². The highest BCUT2D eigenvalue weighted by molar-refractivity contribution is 6.30. The summed E-state index contributed by atoms with van der Waals surface area (Å²) in [5.74, 6) is 0.238. The molecule has 0 aliphatic heterocycles. The van der Waals surface area contributed by atoms with Gasteiger partial charge in [-0.1, -0.05) is 89.5 Å². The molecule has 0 bridgehead atoms. The van der Waals surface area contributed by atoms with Crippen molar-refractivity contribution in [2.45, 2.75) is 78.8 Å². The summed E-state index contributed by atoms with van der Waals surface area (Å²) in [5, 5.41) is 3.65. The van der Waals surface area contributed by atoms with Gasteiger partial charge in [0.2, 0.25) is 11.8 Å². The molecule has 2 rings (SSSR count). The molecule has 0 heterocycles. The van der Waals surface area contributed by atoms with Crippen molar-refractivity contribution in [3.63, 3.8) is 0 Å². The molecule has 33 heavy (non-hydrogen) atoms. The second kappa shape index (κ2) is 12.2. The molecule has 0 radical (unpaired) electrons. The summed E-state index contributed by atoms with van der Waals surface area (Å²) in [6, 6.07) is 15.4. The van der Waals surface area contributed by atoms with E-state index in [9.17, 15) is 9.59 Å². The first kappa shape index (κ1) is 26.9. The molecule has 2 aromatic carbocycles. The SMILES string of the molecule is CCC(C(=O)NCC(C)C)N(Cc1ccc(Cl)cc1)C(=O)CCc1ccc(C(C)(C)C)cc1. The molecule has 2 aromatic rings. The Balaban J connectivity index is 2.17. The summed E-state index contributed by atoms with van der Waals surface area (Å²) in [6.07, 6.45) is 1.56. The zero-order valence-corrected chi connectivity index (χ0v) is 21.7. The van der Waals surface area contributed by atoms with Crippen molar-refractivity contribution in [1.29, 1.82) is 0 Å². The number of hydrogen-bond acceptors (Lipinski definition) is 2. The summed E-state index contributed by atoms with van der Waals surface area (Å²) in [5.41, 5.74) is 3.45. The van der Waals surface area contributed by atoms with Crippen LogP contribution in [0.15, 0.2) is 48.5 Å². The van der Waals surface area contributed by atoms with Gasteiger partial charge in [0.15, 0.2) is 0 Å². The fourth-order valence-electron chi connectivity index (χ4n) is 3.69. The van der Waals surface area contributed by atoms with Crippen LogP contribution < -0.4 is 5.32 Å². The molecule has 0 fully saturated rings. The Kier molecular flexibility index (Phi) is 9.97. The number of carbonyl (C=O) groups excluding carboxylic acids is 2. The lowest BCUT2D eigenvalue weighted by atomic mass is 9.86. The fourth-order valence-corrected chi connectivity index (χ4v) is 3.82. The van der Waals surface area contributed by atoms with Crippen molar-refractivity contribution < 1.29 is 9.59 Å². The lowest BCUT2D eigenvalue weighted by Crippen LogP contribution is -2.49. The van der Waals surface area contributed by atoms with Crippen LogP contribution in [0, 0.1) is 5.92 Å². The molecular weight excluding hydrogens is 432 g/mol. The smallest absolute Gasteiger partial charge is 0.242 e. The van der Waals surface area contributed by atoms with E-state index in [-0.39, 0.29) is 17.2 Å². The Labute approximate surface area is 204 Å². The lowest BCUT2D eigenvalue weighted by molar-refractivity contribution is -0.141. The Bertz CT molecular complexity index is 899. The van der Waals surface area contributed by atoms with Gasteiger partial charge < -0.3 is 10.2 Å². The first-order valence-electron chi connectivity index (χ1n) is 11.9. The van der Waals surface area contributed by atoms with Crippen molar-refractivity contribution in [3.8, 4) is 0 Å². The zero-order chi connectivity index (χ0) is 24.6. The minimum Gasteiger partial charge on any atom is -0.354 e. The van der Waals surface area contributed by atoms with Crippen LogP contribution in [0.1, 0.15) is 71.1 Å². The van der Waals surface area contributed by atoms with Gasteiger partial charge in [0.25, 0.3) is 0 Å². The quantitative estimate of drug-likeness (QED) is 0.452. The van der Waals surface area contributed by atoms with Crippen LogP contribution in [0.3, 0.4) is 0 Å². The van der Waals surface area contributed by atoms with Crippen LogP contribution in [0.25, 0.3) is 0 Å². The topological polar surface area (TPSA) is 49.4 Å². The molecular formula is C28H39ClN2O2. The molecule has 0 spiro atoms. The maximum Gasteiger partial charge on any atom is 0.242 e. The first-order valence-corrected chi connectivity index (χ1v) is 12.3. The van der Waals surface area contributed by atoms with Gasteiger partial charge in [0.05, 0.1) is 0 Å². The number of carbonyl (C=O) groups is 2. The van der Waals surface area contributed by atoms with Gasteiger partial charge in [-0.3, -0.25) is 9.59 Å². The Hall–Kier alpha value is -2.33. The molecule has 1 N–H and O–H groups in total. The maximum atomic E-state index is 13.4. The normalized spacial score (nSPS) is 12.5. The van der Waals surface area contributed by atoms with E-state index in [2.05, 4.69) is 64.2 Å². The van der Waals surface area contributed by atoms with E-state index < -0.39 is 6.04 Å². The van der Waals surface area contributed by atoms with E-state index in [4.69, 9.17) is 11.6 Å². The zero-order valence-electron chi connectivity index (χ0n) is 21.0. The van der Waals surface area contributed by atoms with Crippen LogP contribution in [0.2, 0.25) is 5.02 Å². The van der Waals surface area contributed by atoms with Crippen molar-refractivity contribution in [3.05, 3.63) is 70.2 Å². The lowest BCUT2D eigenvalue weighted by Gasteiger charge is -2.31. The Morgan fingerprint density at radius 3 is 2.06 bits per heavy atom. The molecule has 5 heteroatoms. The van der Waals surface area contributed by atoms with Gasteiger partial charge in [0, 0.05) is 24.5 Å². The third kappa shape index (κ3) is 8.51. The average molecular weight is 471 g/mol. The van der Waals surface area contributed by atoms with Gasteiger partial charge in [-0.2, -0.15) is 0 Å². The number of hydrogen-bond donors (Lipinski definition) is 1. The number of nitrogens with one attached hydrogen (secondary N) is 1. The second-order valence-electron chi connectivity index (χ2n) is 10.2. The van der Waals surface area contributed by atoms with Crippen LogP contribution >= 0.6 is 11.6 Å². The van der Waals surface area contributed by atoms with Crippen molar-refractivity contribution in [2.24, 2.45) is 5.92 Å². The Morgan fingerprint density at radius 2 is 1.55 bits per heavy atom. The average Bonchev–Trinajstić information content (AvgIpc) is 2.76. The molecule has 1 unspecified atom stereocenters. The minimum absolute atomic E-state index is 0.0172. The monoisotopic (exact) mass is 470 g/mol. The summed E-state index contributed by atoms with van der Waals surface area (Å²) in [6.45, 7) is 13.6. The summed E-state index contributed by atoms with van der Waals surface area (Å²) in [4.78, 5) is 28.0. The van der Waals surface area contributed by atoms with E-state index in [1.165, 1.54) is 5.56 Å². The van der Waals surface area contributed by atoms with E-state index in [0.717, 1.165) is 11.1 Å². The van der Waals surface area contributed by atoms with Gasteiger partial charge >= 0.3 is 0 Å². The second-order valence-corrected chi connectivity index (χ2v) is 10.6. The minimum atomic E-state index is -0.504. The van der Waals surface area contributed by atoms with E-state index in [0.29, 0.717) is 43.3 Å². The van der Waals surface area contributed by atoms with Crippen LogP contribution in [-0.2, 0) is 28.0 Å². The fraction of sp³-hybridized carbons (Fsp3) is 0.500. The molecule has 0 saturated heterocycles. The van der Waals surface area contributed by atoms with Gasteiger partial charge in [-0.15, -0.1) is 0 Å². The highest BCUT2D eigenvalue weighted by atomic mass is 35.5. The molecule has 0 aromatic heterocycles. The highest BCUT2D eigenvalue weighted by Crippen LogP contribution is 2.23. The molecule has 2 amide bonds. The third-order valence-electron chi connectivity index (χ3n) is 5.78. The number of aryl methyl sites for hydroxylation is 1. The molecule has 0 aliphatic carbocycles. The van der Waals surface area contributed by atoms with E-state index >= 15 is 0 Å².